The van der Waals surface area contributed by atoms with Crippen LogP contribution in [0.3, 0.4) is 0 Å². The van der Waals surface area contributed by atoms with E-state index in [-0.39, 0.29) is 30.0 Å². The monoisotopic (exact) mass is 438 g/mol. The third kappa shape index (κ3) is 9.05. The predicted octanol–water partition coefficient (Wildman–Crippen LogP) is 5.50. The molecule has 0 spiro atoms. The van der Waals surface area contributed by atoms with Crippen molar-refractivity contribution in [3.05, 3.63) is 12.2 Å². The molecule has 0 N–H and O–H groups in total. The molecule has 0 aliphatic heterocycles. The summed E-state index contributed by atoms with van der Waals surface area (Å²) in [5.41, 5.74) is -0.846. The molecule has 0 radical (unpaired) electrons. The van der Waals surface area contributed by atoms with Crippen LogP contribution in [0.1, 0.15) is 68.7 Å². The summed E-state index contributed by atoms with van der Waals surface area (Å²) in [6.07, 6.45) is 4.76. The molecule has 2 atom stereocenters. The first-order chi connectivity index (χ1) is 13.2. The first-order valence-corrected chi connectivity index (χ1v) is 13.3. The zero-order valence-corrected chi connectivity index (χ0v) is 21.9. The van der Waals surface area contributed by atoms with Crippen LogP contribution in [-0.4, -0.2) is 39.1 Å². The topological polar surface area (TPSA) is 61.8 Å². The van der Waals surface area contributed by atoms with Gasteiger partial charge in [0.1, 0.15) is 18.8 Å². The molecule has 0 rings (SSSR count). The Kier molecular flexibility index (Phi) is 9.61. The van der Waals surface area contributed by atoms with E-state index in [2.05, 4.69) is 46.4 Å². The van der Waals surface area contributed by atoms with Gasteiger partial charge in [0.15, 0.2) is 8.32 Å². The first kappa shape index (κ1) is 28.4. The van der Waals surface area contributed by atoms with Crippen LogP contribution < -0.4 is 0 Å². The maximum absolute atomic E-state index is 12.5. The highest BCUT2D eigenvalue weighted by Crippen LogP contribution is 2.38. The second kappa shape index (κ2) is 10.1. The number of carbonyl (C=O) groups is 2. The molecular weight excluding hydrogens is 396 g/mol. The average molecular weight is 439 g/mol. The van der Waals surface area contributed by atoms with Gasteiger partial charge in [-0.05, 0) is 59.7 Å². The average Bonchev–Trinajstić information content (AvgIpc) is 2.54. The van der Waals surface area contributed by atoms with Crippen LogP contribution in [0.5, 0.6) is 0 Å². The molecular formula is C24H42O5Si. The Morgan fingerprint density at radius 1 is 0.967 bits per heavy atom. The lowest BCUT2D eigenvalue weighted by molar-refractivity contribution is -0.158. The molecule has 0 fully saturated rings. The molecule has 0 bridgehead atoms. The van der Waals surface area contributed by atoms with Crippen LogP contribution in [0.2, 0.25) is 18.1 Å². The van der Waals surface area contributed by atoms with Gasteiger partial charge in [0.2, 0.25) is 0 Å². The second-order valence-electron chi connectivity index (χ2n) is 11.4. The predicted molar refractivity (Wildman–Crippen MR) is 124 cm³/mol. The molecule has 0 heterocycles. The minimum absolute atomic E-state index is 0.0149. The lowest BCUT2D eigenvalue weighted by Crippen LogP contribution is -2.45. The summed E-state index contributed by atoms with van der Waals surface area (Å²) in [7, 11) is -2.13. The Hall–Kier alpha value is -1.58. The van der Waals surface area contributed by atoms with Crippen LogP contribution in [-0.2, 0) is 23.5 Å². The second-order valence-corrected chi connectivity index (χ2v) is 16.2. The number of hydrogen-bond acceptors (Lipinski definition) is 5. The minimum Gasteiger partial charge on any atom is -0.461 e. The summed E-state index contributed by atoms with van der Waals surface area (Å²) >= 11 is 0. The maximum atomic E-state index is 12.5. The van der Waals surface area contributed by atoms with Gasteiger partial charge in [-0.1, -0.05) is 33.3 Å². The number of esters is 2. The summed E-state index contributed by atoms with van der Waals surface area (Å²) in [6, 6.07) is 0. The Labute approximate surface area is 185 Å². The summed E-state index contributed by atoms with van der Waals surface area (Å²) in [4.78, 5) is 24.7. The van der Waals surface area contributed by atoms with Crippen molar-refractivity contribution in [1.29, 1.82) is 0 Å². The third-order valence-electron chi connectivity index (χ3n) is 5.18. The van der Waals surface area contributed by atoms with Crippen molar-refractivity contribution in [2.24, 2.45) is 10.8 Å². The maximum Gasteiger partial charge on any atom is 0.311 e. The van der Waals surface area contributed by atoms with Crippen molar-refractivity contribution in [2.75, 3.05) is 6.61 Å². The molecule has 172 valence electrons. The Balaban J connectivity index is 5.52. The van der Waals surface area contributed by atoms with Gasteiger partial charge in [0.05, 0.1) is 10.8 Å². The number of hydrogen-bond donors (Lipinski definition) is 0. The van der Waals surface area contributed by atoms with E-state index in [1.807, 2.05) is 0 Å². The molecule has 0 aliphatic carbocycles. The van der Waals surface area contributed by atoms with Crippen molar-refractivity contribution in [1.82, 2.24) is 0 Å². The van der Waals surface area contributed by atoms with Crippen molar-refractivity contribution in [3.8, 4) is 12.3 Å². The summed E-state index contributed by atoms with van der Waals surface area (Å²) in [6.45, 7) is 25.3. The highest BCUT2D eigenvalue weighted by molar-refractivity contribution is 6.74. The molecule has 0 aromatic rings. The van der Waals surface area contributed by atoms with E-state index in [0.29, 0.717) is 5.57 Å². The van der Waals surface area contributed by atoms with Crippen molar-refractivity contribution in [2.45, 2.75) is 99.1 Å². The zero-order chi connectivity index (χ0) is 24.1. The third-order valence-corrected chi connectivity index (χ3v) is 9.66. The molecule has 0 saturated heterocycles. The van der Waals surface area contributed by atoms with E-state index < -0.39 is 31.4 Å². The van der Waals surface area contributed by atoms with Gasteiger partial charge in [0.25, 0.3) is 0 Å². The number of rotatable bonds is 8. The molecule has 6 heteroatoms. The van der Waals surface area contributed by atoms with Crippen molar-refractivity contribution < 1.29 is 23.5 Å². The fraction of sp³-hybridized carbons (Fsp3) is 0.750. The normalized spacial score (nSPS) is 15.0. The largest absolute Gasteiger partial charge is 0.461 e. The highest BCUT2D eigenvalue weighted by atomic mass is 28.4. The quantitative estimate of drug-likeness (QED) is 0.217. The van der Waals surface area contributed by atoms with E-state index in [0.717, 1.165) is 0 Å². The van der Waals surface area contributed by atoms with Gasteiger partial charge >= 0.3 is 11.9 Å². The molecule has 0 saturated carbocycles. The van der Waals surface area contributed by atoms with Crippen LogP contribution >= 0.6 is 0 Å². The van der Waals surface area contributed by atoms with Gasteiger partial charge in [-0.25, -0.2) is 0 Å². The zero-order valence-electron chi connectivity index (χ0n) is 20.9. The van der Waals surface area contributed by atoms with Crippen LogP contribution in [0.4, 0.5) is 0 Å². The first-order valence-electron chi connectivity index (χ1n) is 10.4. The Bertz CT molecular complexity index is 666. The van der Waals surface area contributed by atoms with Gasteiger partial charge in [-0.15, -0.1) is 6.42 Å². The molecule has 0 aromatic carbocycles. The molecule has 0 amide bonds. The SMILES string of the molecule is C#CC(CC(OC(=O)C(C)(C)C)C(=C)COC(=O)C(C)(C)C)O[Si](C)(C)C(C)(C)C. The minimum atomic E-state index is -2.13. The molecule has 30 heavy (non-hydrogen) atoms. The van der Waals surface area contributed by atoms with Crippen LogP contribution in [0, 0.1) is 23.2 Å². The van der Waals surface area contributed by atoms with Gasteiger partial charge in [-0.2, -0.15) is 0 Å². The molecule has 0 aromatic heterocycles. The van der Waals surface area contributed by atoms with E-state index in [1.165, 1.54) is 0 Å². The highest BCUT2D eigenvalue weighted by Gasteiger charge is 2.40. The number of carbonyl (C=O) groups excluding carboxylic acids is 2. The van der Waals surface area contributed by atoms with E-state index in [1.54, 1.807) is 41.5 Å². The lowest BCUT2D eigenvalue weighted by atomic mass is 9.96. The van der Waals surface area contributed by atoms with E-state index in [9.17, 15) is 9.59 Å². The lowest BCUT2D eigenvalue weighted by Gasteiger charge is -2.38. The fourth-order valence-electron chi connectivity index (χ4n) is 1.95. The fourth-order valence-corrected chi connectivity index (χ4v) is 3.18. The van der Waals surface area contributed by atoms with E-state index in [4.69, 9.17) is 20.3 Å². The van der Waals surface area contributed by atoms with Gasteiger partial charge < -0.3 is 13.9 Å². The number of terminal acetylenes is 1. The van der Waals surface area contributed by atoms with Gasteiger partial charge in [-0.3, -0.25) is 9.59 Å². The van der Waals surface area contributed by atoms with Crippen LogP contribution in [0.25, 0.3) is 0 Å². The summed E-state index contributed by atoms with van der Waals surface area (Å²) in [5, 5.41) is -0.0149. The summed E-state index contributed by atoms with van der Waals surface area (Å²) in [5.74, 6) is 1.96. The number of ether oxygens (including phenoxy) is 2. The molecule has 0 aliphatic rings. The standard InChI is InChI=1S/C24H42O5Si/c1-14-18(29-30(12,13)24(9,10)11)15-19(28-21(26)23(6,7)8)17(2)16-27-20(25)22(3,4)5/h1,18-19H,2,15-16H2,3-13H3. The van der Waals surface area contributed by atoms with Crippen LogP contribution in [0.15, 0.2) is 12.2 Å². The molecule has 2 unspecified atom stereocenters. The molecule has 5 nitrogen and oxygen atoms in total. The van der Waals surface area contributed by atoms with E-state index >= 15 is 0 Å². The Morgan fingerprint density at radius 3 is 1.80 bits per heavy atom. The Morgan fingerprint density at radius 2 is 1.43 bits per heavy atom. The van der Waals surface area contributed by atoms with Crippen molar-refractivity contribution in [3.63, 3.8) is 0 Å². The van der Waals surface area contributed by atoms with Gasteiger partial charge in [0, 0.05) is 12.0 Å². The summed E-state index contributed by atoms with van der Waals surface area (Å²) < 4.78 is 17.5. The van der Waals surface area contributed by atoms with Crippen molar-refractivity contribution >= 4 is 20.3 Å². The smallest absolute Gasteiger partial charge is 0.311 e.